The van der Waals surface area contributed by atoms with Gasteiger partial charge in [0.15, 0.2) is 14.6 Å². The summed E-state index contributed by atoms with van der Waals surface area (Å²) in [6.07, 6.45) is 0.802. The fourth-order valence-electron chi connectivity index (χ4n) is 1.40. The molecule has 0 radical (unpaired) electrons. The van der Waals surface area contributed by atoms with Crippen molar-refractivity contribution in [2.24, 2.45) is 0 Å². The first-order chi connectivity index (χ1) is 9.17. The van der Waals surface area contributed by atoms with Gasteiger partial charge in [-0.3, -0.25) is 4.79 Å². The maximum Gasteiger partial charge on any atom is 0.192 e. The van der Waals surface area contributed by atoms with Crippen LogP contribution in [-0.2, 0) is 4.43 Å². The molecule has 0 aliphatic heterocycles. The molecule has 0 fully saturated rings. The van der Waals surface area contributed by atoms with Crippen LogP contribution in [0.25, 0.3) is 0 Å². The van der Waals surface area contributed by atoms with E-state index in [4.69, 9.17) is 9.16 Å². The standard InChI is InChI=1S/C15H23BrO3Si/c1-15(2,3)20(4,5)19-9-8-18-14-10-13(16)7-6-12(14)11-17/h6-7,10-11H,8-9H2,1-5H3. The molecule has 0 amide bonds. The summed E-state index contributed by atoms with van der Waals surface area (Å²) in [5, 5.41) is 0.191. The Kier molecular flexibility index (Phi) is 5.98. The quantitative estimate of drug-likeness (QED) is 0.421. The van der Waals surface area contributed by atoms with Crippen LogP contribution in [0.1, 0.15) is 31.1 Å². The summed E-state index contributed by atoms with van der Waals surface area (Å²) in [7, 11) is -1.73. The van der Waals surface area contributed by atoms with Crippen molar-refractivity contribution >= 4 is 30.5 Å². The highest BCUT2D eigenvalue weighted by molar-refractivity contribution is 9.10. The summed E-state index contributed by atoms with van der Waals surface area (Å²) in [4.78, 5) is 10.9. The van der Waals surface area contributed by atoms with E-state index >= 15 is 0 Å². The van der Waals surface area contributed by atoms with Gasteiger partial charge in [0.1, 0.15) is 12.4 Å². The van der Waals surface area contributed by atoms with Gasteiger partial charge in [-0.1, -0.05) is 36.7 Å². The Labute approximate surface area is 130 Å². The van der Waals surface area contributed by atoms with Gasteiger partial charge in [-0.2, -0.15) is 0 Å². The van der Waals surface area contributed by atoms with E-state index in [1.54, 1.807) is 12.1 Å². The predicted octanol–water partition coefficient (Wildman–Crippen LogP) is 4.66. The van der Waals surface area contributed by atoms with Crippen LogP contribution >= 0.6 is 15.9 Å². The average molecular weight is 359 g/mol. The number of hydrogen-bond donors (Lipinski definition) is 0. The molecule has 0 heterocycles. The molecule has 1 aromatic rings. The first-order valence-electron chi connectivity index (χ1n) is 6.69. The van der Waals surface area contributed by atoms with Crippen LogP contribution in [-0.4, -0.2) is 27.8 Å². The molecule has 0 unspecified atom stereocenters. The third-order valence-corrected chi connectivity index (χ3v) is 8.74. The Hall–Kier alpha value is -0.653. The predicted molar refractivity (Wildman–Crippen MR) is 88.2 cm³/mol. The fourth-order valence-corrected chi connectivity index (χ4v) is 2.76. The average Bonchev–Trinajstić information content (AvgIpc) is 2.33. The Morgan fingerprint density at radius 2 is 1.90 bits per heavy atom. The van der Waals surface area contributed by atoms with Gasteiger partial charge in [-0.15, -0.1) is 0 Å². The number of ether oxygens (including phenoxy) is 1. The zero-order valence-corrected chi connectivity index (χ0v) is 15.4. The molecule has 112 valence electrons. The highest BCUT2D eigenvalue weighted by Crippen LogP contribution is 2.36. The molecule has 0 N–H and O–H groups in total. The second-order valence-electron chi connectivity index (χ2n) is 6.26. The summed E-state index contributed by atoms with van der Waals surface area (Å²) >= 11 is 3.37. The smallest absolute Gasteiger partial charge is 0.192 e. The monoisotopic (exact) mass is 358 g/mol. The minimum Gasteiger partial charge on any atom is -0.490 e. The van der Waals surface area contributed by atoms with Gasteiger partial charge in [0.05, 0.1) is 12.2 Å². The summed E-state index contributed by atoms with van der Waals surface area (Å²) in [5.74, 6) is 0.591. The molecule has 1 aromatic carbocycles. The van der Waals surface area contributed by atoms with Crippen molar-refractivity contribution in [3.05, 3.63) is 28.2 Å². The number of carbonyl (C=O) groups excluding carboxylic acids is 1. The molecular weight excluding hydrogens is 336 g/mol. The van der Waals surface area contributed by atoms with Crippen molar-refractivity contribution < 1.29 is 14.0 Å². The van der Waals surface area contributed by atoms with Crippen molar-refractivity contribution in [3.8, 4) is 5.75 Å². The lowest BCUT2D eigenvalue weighted by molar-refractivity contribution is 0.111. The second kappa shape index (κ2) is 6.87. The summed E-state index contributed by atoms with van der Waals surface area (Å²) in [6, 6.07) is 5.36. The number of hydrogen-bond acceptors (Lipinski definition) is 3. The molecule has 1 rings (SSSR count). The molecule has 0 aliphatic carbocycles. The van der Waals surface area contributed by atoms with Gasteiger partial charge in [0.2, 0.25) is 0 Å². The first kappa shape index (κ1) is 17.4. The van der Waals surface area contributed by atoms with E-state index in [0.717, 1.165) is 10.8 Å². The molecular formula is C15H23BrO3Si. The van der Waals surface area contributed by atoms with E-state index in [1.165, 1.54) is 0 Å². The molecule has 0 aliphatic rings. The molecule has 0 aromatic heterocycles. The van der Waals surface area contributed by atoms with Crippen molar-refractivity contribution in [2.75, 3.05) is 13.2 Å². The number of carbonyl (C=O) groups is 1. The zero-order chi connectivity index (χ0) is 15.4. The number of rotatable bonds is 6. The van der Waals surface area contributed by atoms with Crippen molar-refractivity contribution in [3.63, 3.8) is 0 Å². The van der Waals surface area contributed by atoms with E-state index in [2.05, 4.69) is 49.8 Å². The van der Waals surface area contributed by atoms with Crippen LogP contribution in [0.3, 0.4) is 0 Å². The lowest BCUT2D eigenvalue weighted by Gasteiger charge is -2.36. The topological polar surface area (TPSA) is 35.5 Å². The summed E-state index contributed by atoms with van der Waals surface area (Å²) in [5.41, 5.74) is 0.556. The van der Waals surface area contributed by atoms with Gasteiger partial charge in [0.25, 0.3) is 0 Å². The van der Waals surface area contributed by atoms with Crippen LogP contribution in [0.4, 0.5) is 0 Å². The van der Waals surface area contributed by atoms with Crippen LogP contribution in [0.15, 0.2) is 22.7 Å². The van der Waals surface area contributed by atoms with Crippen molar-refractivity contribution in [1.82, 2.24) is 0 Å². The Morgan fingerprint density at radius 1 is 1.25 bits per heavy atom. The molecule has 0 atom stereocenters. The number of halogens is 1. The SMILES string of the molecule is CC(C)(C)[Si](C)(C)OCCOc1cc(Br)ccc1C=O. The molecule has 20 heavy (non-hydrogen) atoms. The highest BCUT2D eigenvalue weighted by Gasteiger charge is 2.36. The molecule has 3 nitrogen and oxygen atoms in total. The third-order valence-electron chi connectivity index (χ3n) is 3.71. The van der Waals surface area contributed by atoms with Crippen molar-refractivity contribution in [2.45, 2.75) is 38.9 Å². The molecule has 5 heteroatoms. The maximum absolute atomic E-state index is 10.9. The first-order valence-corrected chi connectivity index (χ1v) is 10.4. The molecule has 0 bridgehead atoms. The fraction of sp³-hybridized carbons (Fsp3) is 0.533. The summed E-state index contributed by atoms with van der Waals surface area (Å²) < 4.78 is 12.6. The van der Waals surface area contributed by atoms with E-state index in [1.807, 2.05) is 6.07 Å². The highest BCUT2D eigenvalue weighted by atomic mass is 79.9. The van der Waals surface area contributed by atoms with Crippen LogP contribution in [0.2, 0.25) is 18.1 Å². The van der Waals surface area contributed by atoms with Crippen molar-refractivity contribution in [1.29, 1.82) is 0 Å². The Morgan fingerprint density at radius 3 is 2.45 bits per heavy atom. The number of benzene rings is 1. The van der Waals surface area contributed by atoms with Crippen LogP contribution < -0.4 is 4.74 Å². The lowest BCUT2D eigenvalue weighted by Crippen LogP contribution is -2.41. The molecule has 0 saturated heterocycles. The molecule has 0 spiro atoms. The Bertz CT molecular complexity index is 467. The normalized spacial score (nSPS) is 12.3. The Balaban J connectivity index is 2.54. The van der Waals surface area contributed by atoms with Gasteiger partial charge in [0, 0.05) is 4.47 Å². The van der Waals surface area contributed by atoms with Crippen LogP contribution in [0, 0.1) is 0 Å². The lowest BCUT2D eigenvalue weighted by atomic mass is 10.2. The van der Waals surface area contributed by atoms with Crippen LogP contribution in [0.5, 0.6) is 5.75 Å². The number of aldehydes is 1. The van der Waals surface area contributed by atoms with E-state index < -0.39 is 8.32 Å². The maximum atomic E-state index is 10.9. The van der Waals surface area contributed by atoms with Gasteiger partial charge in [-0.25, -0.2) is 0 Å². The second-order valence-corrected chi connectivity index (χ2v) is 12.0. The van der Waals surface area contributed by atoms with E-state index in [0.29, 0.717) is 24.5 Å². The zero-order valence-electron chi connectivity index (χ0n) is 12.8. The third kappa shape index (κ3) is 4.72. The van der Waals surface area contributed by atoms with Gasteiger partial charge in [-0.05, 0) is 36.3 Å². The van der Waals surface area contributed by atoms with E-state index in [-0.39, 0.29) is 5.04 Å². The minimum absolute atomic E-state index is 0.191. The van der Waals surface area contributed by atoms with Gasteiger partial charge >= 0.3 is 0 Å². The largest absolute Gasteiger partial charge is 0.490 e. The summed E-state index contributed by atoms with van der Waals surface area (Å²) in [6.45, 7) is 12.0. The minimum atomic E-state index is -1.73. The molecule has 0 saturated carbocycles. The van der Waals surface area contributed by atoms with Gasteiger partial charge < -0.3 is 9.16 Å². The van der Waals surface area contributed by atoms with E-state index in [9.17, 15) is 4.79 Å².